The first kappa shape index (κ1) is 14.3. The molecule has 1 heterocycles. The number of nitrogens with two attached hydrogens (primary N) is 1. The zero-order valence-electron chi connectivity index (χ0n) is 10.9. The summed E-state index contributed by atoms with van der Waals surface area (Å²) in [4.78, 5) is 12.2. The molecule has 0 saturated heterocycles. The molecule has 2 fully saturated rings. The van der Waals surface area contributed by atoms with E-state index >= 15 is 0 Å². The van der Waals surface area contributed by atoms with Crippen LogP contribution in [0.1, 0.15) is 19.3 Å². The van der Waals surface area contributed by atoms with Gasteiger partial charge in [-0.3, -0.25) is 9.48 Å². The molecular weight excluding hydrogens is 264 g/mol. The third-order valence-electron chi connectivity index (χ3n) is 4.48. The molecule has 1 aromatic rings. The van der Waals surface area contributed by atoms with E-state index in [0.717, 1.165) is 13.0 Å². The Hall–Kier alpha value is -1.07. The van der Waals surface area contributed by atoms with Gasteiger partial charge in [-0.1, -0.05) is 0 Å². The van der Waals surface area contributed by atoms with Crippen LogP contribution < -0.4 is 11.1 Å². The number of carbonyl (C=O) groups excluding carboxylic acids is 1. The van der Waals surface area contributed by atoms with E-state index in [1.165, 1.54) is 12.8 Å². The summed E-state index contributed by atoms with van der Waals surface area (Å²) in [5.74, 6) is 1.29. The number of rotatable bonds is 4. The van der Waals surface area contributed by atoms with E-state index in [2.05, 4.69) is 10.4 Å². The molecule has 6 heteroatoms. The number of nitrogens with zero attached hydrogens (tertiary/aromatic N) is 2. The van der Waals surface area contributed by atoms with Gasteiger partial charge in [0.15, 0.2) is 0 Å². The SMILES string of the molecule is Cl.NC1C2CCC(C2)C1C(=O)NCCn1cccn1. The van der Waals surface area contributed by atoms with Gasteiger partial charge in [0.25, 0.3) is 0 Å². The maximum absolute atomic E-state index is 12.2. The molecule has 2 bridgehead atoms. The second-order valence-electron chi connectivity index (χ2n) is 5.50. The highest BCUT2D eigenvalue weighted by atomic mass is 35.5. The van der Waals surface area contributed by atoms with Crippen LogP contribution in [0.15, 0.2) is 18.5 Å². The van der Waals surface area contributed by atoms with Crippen molar-refractivity contribution in [3.63, 3.8) is 0 Å². The number of nitrogens with one attached hydrogen (secondary N) is 1. The van der Waals surface area contributed by atoms with E-state index in [0.29, 0.717) is 18.4 Å². The molecule has 4 atom stereocenters. The molecular formula is C13H21ClN4O. The van der Waals surface area contributed by atoms with Crippen molar-refractivity contribution in [3.05, 3.63) is 18.5 Å². The molecule has 19 heavy (non-hydrogen) atoms. The number of amides is 1. The van der Waals surface area contributed by atoms with E-state index in [-0.39, 0.29) is 30.3 Å². The first-order valence-corrected chi connectivity index (χ1v) is 6.76. The Morgan fingerprint density at radius 2 is 2.21 bits per heavy atom. The largest absolute Gasteiger partial charge is 0.354 e. The van der Waals surface area contributed by atoms with Crippen molar-refractivity contribution in [2.24, 2.45) is 23.5 Å². The van der Waals surface area contributed by atoms with Crippen LogP contribution in [0.25, 0.3) is 0 Å². The lowest BCUT2D eigenvalue weighted by Gasteiger charge is -2.26. The van der Waals surface area contributed by atoms with Crippen molar-refractivity contribution in [1.82, 2.24) is 15.1 Å². The van der Waals surface area contributed by atoms with Crippen LogP contribution in [0, 0.1) is 17.8 Å². The fraction of sp³-hybridized carbons (Fsp3) is 0.692. The normalized spacial score (nSPS) is 32.1. The van der Waals surface area contributed by atoms with Gasteiger partial charge in [0.1, 0.15) is 0 Å². The van der Waals surface area contributed by atoms with Crippen LogP contribution in [-0.4, -0.2) is 28.3 Å². The van der Waals surface area contributed by atoms with E-state index in [9.17, 15) is 4.79 Å². The van der Waals surface area contributed by atoms with E-state index in [1.54, 1.807) is 6.20 Å². The molecule has 2 saturated carbocycles. The van der Waals surface area contributed by atoms with Gasteiger partial charge in [0, 0.05) is 25.0 Å². The monoisotopic (exact) mass is 284 g/mol. The molecule has 2 aliphatic rings. The molecule has 4 unspecified atom stereocenters. The topological polar surface area (TPSA) is 72.9 Å². The number of halogens is 1. The number of fused-ring (bicyclic) bond motifs is 2. The van der Waals surface area contributed by atoms with Crippen LogP contribution in [0.5, 0.6) is 0 Å². The summed E-state index contributed by atoms with van der Waals surface area (Å²) in [7, 11) is 0. The highest BCUT2D eigenvalue weighted by Gasteiger charge is 2.48. The van der Waals surface area contributed by atoms with Crippen molar-refractivity contribution in [2.45, 2.75) is 31.8 Å². The fourth-order valence-electron chi connectivity index (χ4n) is 3.57. The zero-order valence-corrected chi connectivity index (χ0v) is 11.7. The van der Waals surface area contributed by atoms with Gasteiger partial charge in [-0.25, -0.2) is 0 Å². The molecule has 2 aliphatic carbocycles. The van der Waals surface area contributed by atoms with Crippen molar-refractivity contribution in [1.29, 1.82) is 0 Å². The van der Waals surface area contributed by atoms with E-state index in [1.807, 2.05) is 16.9 Å². The average Bonchev–Trinajstić information content (AvgIpc) is 3.03. The van der Waals surface area contributed by atoms with Crippen molar-refractivity contribution >= 4 is 18.3 Å². The lowest BCUT2D eigenvalue weighted by molar-refractivity contribution is -0.127. The molecule has 3 N–H and O–H groups in total. The van der Waals surface area contributed by atoms with Crippen LogP contribution in [0.3, 0.4) is 0 Å². The number of aromatic nitrogens is 2. The Morgan fingerprint density at radius 1 is 1.42 bits per heavy atom. The summed E-state index contributed by atoms with van der Waals surface area (Å²) in [5, 5.41) is 7.10. The molecule has 1 aromatic heterocycles. The molecule has 0 spiro atoms. The second-order valence-corrected chi connectivity index (χ2v) is 5.50. The Bertz CT molecular complexity index is 420. The molecule has 0 aliphatic heterocycles. The first-order valence-electron chi connectivity index (χ1n) is 6.76. The number of hydrogen-bond acceptors (Lipinski definition) is 3. The predicted molar refractivity (Wildman–Crippen MR) is 74.8 cm³/mol. The summed E-state index contributed by atoms with van der Waals surface area (Å²) < 4.78 is 1.82. The highest BCUT2D eigenvalue weighted by Crippen LogP contribution is 2.47. The Morgan fingerprint density at radius 3 is 2.84 bits per heavy atom. The molecule has 3 rings (SSSR count). The summed E-state index contributed by atoms with van der Waals surface area (Å²) in [6.07, 6.45) is 7.18. The quantitative estimate of drug-likeness (QED) is 0.859. The van der Waals surface area contributed by atoms with Crippen LogP contribution in [0.4, 0.5) is 0 Å². The lowest BCUT2D eigenvalue weighted by atomic mass is 9.84. The van der Waals surface area contributed by atoms with Gasteiger partial charge in [0.05, 0.1) is 12.5 Å². The summed E-state index contributed by atoms with van der Waals surface area (Å²) in [6, 6.07) is 1.96. The van der Waals surface area contributed by atoms with Gasteiger partial charge >= 0.3 is 0 Å². The standard InChI is InChI=1S/C13H20N4O.ClH/c14-12-10-3-2-9(8-10)11(12)13(18)15-5-7-17-6-1-4-16-17;/h1,4,6,9-12H,2-3,5,7-8,14H2,(H,15,18);1H. The van der Waals surface area contributed by atoms with Crippen LogP contribution >= 0.6 is 12.4 Å². The minimum Gasteiger partial charge on any atom is -0.354 e. The third-order valence-corrected chi connectivity index (χ3v) is 4.48. The average molecular weight is 285 g/mol. The second kappa shape index (κ2) is 5.92. The Labute approximate surface area is 119 Å². The third kappa shape index (κ3) is 2.77. The minimum absolute atomic E-state index is 0. The van der Waals surface area contributed by atoms with Gasteiger partial charge in [-0.2, -0.15) is 5.10 Å². The minimum atomic E-state index is 0. The molecule has 106 valence electrons. The fourth-order valence-corrected chi connectivity index (χ4v) is 3.57. The van der Waals surface area contributed by atoms with Crippen molar-refractivity contribution < 1.29 is 4.79 Å². The summed E-state index contributed by atoms with van der Waals surface area (Å²) in [5.41, 5.74) is 6.15. The Balaban J connectivity index is 0.00000133. The van der Waals surface area contributed by atoms with Crippen molar-refractivity contribution in [3.8, 4) is 0 Å². The Kier molecular flexibility index (Phi) is 4.47. The predicted octanol–water partition coefficient (Wildman–Crippen LogP) is 0.794. The molecule has 5 nitrogen and oxygen atoms in total. The van der Waals surface area contributed by atoms with E-state index < -0.39 is 0 Å². The van der Waals surface area contributed by atoms with E-state index in [4.69, 9.17) is 5.73 Å². The maximum atomic E-state index is 12.2. The van der Waals surface area contributed by atoms with Crippen LogP contribution in [-0.2, 0) is 11.3 Å². The lowest BCUT2D eigenvalue weighted by Crippen LogP contribution is -2.45. The van der Waals surface area contributed by atoms with Gasteiger partial charge in [-0.15, -0.1) is 12.4 Å². The van der Waals surface area contributed by atoms with Crippen molar-refractivity contribution in [2.75, 3.05) is 6.54 Å². The maximum Gasteiger partial charge on any atom is 0.225 e. The highest BCUT2D eigenvalue weighted by molar-refractivity contribution is 5.85. The zero-order chi connectivity index (χ0) is 12.5. The first-order chi connectivity index (χ1) is 8.75. The summed E-state index contributed by atoms with van der Waals surface area (Å²) in [6.45, 7) is 1.34. The van der Waals surface area contributed by atoms with Gasteiger partial charge < -0.3 is 11.1 Å². The molecule has 0 radical (unpaired) electrons. The van der Waals surface area contributed by atoms with Gasteiger partial charge in [-0.05, 0) is 37.2 Å². The summed E-state index contributed by atoms with van der Waals surface area (Å²) >= 11 is 0. The van der Waals surface area contributed by atoms with Gasteiger partial charge in [0.2, 0.25) is 5.91 Å². The molecule has 1 amide bonds. The van der Waals surface area contributed by atoms with Crippen LogP contribution in [0.2, 0.25) is 0 Å². The molecule has 0 aromatic carbocycles. The number of hydrogen-bond donors (Lipinski definition) is 2. The number of carbonyl (C=O) groups is 1. The smallest absolute Gasteiger partial charge is 0.225 e.